The summed E-state index contributed by atoms with van der Waals surface area (Å²) in [5.74, 6) is 0. The van der Waals surface area contributed by atoms with Crippen LogP contribution in [0, 0.1) is 0 Å². The molecule has 0 rings (SSSR count). The van der Waals surface area contributed by atoms with E-state index in [1.54, 1.807) is 13.8 Å². The van der Waals surface area contributed by atoms with Crippen LogP contribution in [0.15, 0.2) is 0 Å². The Balaban J connectivity index is 3.39. The van der Waals surface area contributed by atoms with E-state index in [0.29, 0.717) is 0 Å². The van der Waals surface area contributed by atoms with Gasteiger partial charge in [0, 0.05) is 6.92 Å². The van der Waals surface area contributed by atoms with E-state index in [-0.39, 0.29) is 6.10 Å². The Bertz CT molecular complexity index is 67.3. The van der Waals surface area contributed by atoms with Crippen molar-refractivity contribution in [3.8, 4) is 0 Å². The quantitative estimate of drug-likeness (QED) is 0.600. The van der Waals surface area contributed by atoms with Gasteiger partial charge in [-0.3, -0.25) is 0 Å². The number of halogens is 2. The first kappa shape index (κ1) is 8.37. The van der Waals surface area contributed by atoms with Crippen LogP contribution in [-0.4, -0.2) is 10.9 Å². The maximum Gasteiger partial charge on any atom is 0.262 e. The third-order valence-corrected chi connectivity index (χ3v) is 0.630. The molecule has 0 aromatic rings. The summed E-state index contributed by atoms with van der Waals surface area (Å²) in [6, 6.07) is 0. The van der Waals surface area contributed by atoms with Gasteiger partial charge in [-0.1, -0.05) is 0 Å². The second kappa shape index (κ2) is 2.78. The molecule has 0 aliphatic carbocycles. The number of alkyl halides is 2. The molecule has 0 aliphatic rings. The van der Waals surface area contributed by atoms with Crippen LogP contribution in [0.2, 0.25) is 0 Å². The first-order valence-electron chi connectivity index (χ1n) is 2.47. The van der Waals surface area contributed by atoms with Crippen LogP contribution in [-0.2, 0) is 4.74 Å². The van der Waals surface area contributed by atoms with E-state index in [1.807, 2.05) is 0 Å². The third kappa shape index (κ3) is 6.37. The van der Waals surface area contributed by atoms with Crippen LogP contribution in [0.4, 0.5) is 4.39 Å². The minimum atomic E-state index is -1.67. The molecule has 0 aromatic carbocycles. The van der Waals surface area contributed by atoms with Gasteiger partial charge in [0.15, 0.2) is 0 Å². The van der Waals surface area contributed by atoms with Crippen LogP contribution < -0.4 is 0 Å². The van der Waals surface area contributed by atoms with Crippen molar-refractivity contribution >= 4 is 15.9 Å². The van der Waals surface area contributed by atoms with Crippen molar-refractivity contribution in [2.45, 2.75) is 31.6 Å². The summed E-state index contributed by atoms with van der Waals surface area (Å²) < 4.78 is 15.4. The van der Waals surface area contributed by atoms with Crippen LogP contribution in [0.5, 0.6) is 0 Å². The smallest absolute Gasteiger partial charge is 0.262 e. The van der Waals surface area contributed by atoms with E-state index in [9.17, 15) is 4.39 Å². The fraction of sp³-hybridized carbons (Fsp3) is 1.00. The summed E-state index contributed by atoms with van der Waals surface area (Å²) >= 11 is 2.69. The molecule has 0 amide bonds. The van der Waals surface area contributed by atoms with Crippen molar-refractivity contribution in [2.75, 3.05) is 0 Å². The van der Waals surface area contributed by atoms with E-state index in [4.69, 9.17) is 0 Å². The van der Waals surface area contributed by atoms with Gasteiger partial charge in [-0.25, -0.2) is 0 Å². The molecule has 1 atom stereocenters. The van der Waals surface area contributed by atoms with Crippen molar-refractivity contribution in [2.24, 2.45) is 0 Å². The average Bonchev–Trinajstić information content (AvgIpc) is 1.21. The van der Waals surface area contributed by atoms with E-state index in [0.717, 1.165) is 0 Å². The maximum atomic E-state index is 12.3. The van der Waals surface area contributed by atoms with Gasteiger partial charge in [-0.2, -0.15) is 4.39 Å². The lowest BCUT2D eigenvalue weighted by atomic mass is 10.5. The molecule has 0 aliphatic heterocycles. The molecule has 1 unspecified atom stereocenters. The molecule has 0 N–H and O–H groups in total. The van der Waals surface area contributed by atoms with Gasteiger partial charge in [0.05, 0.1) is 6.10 Å². The highest BCUT2D eigenvalue weighted by atomic mass is 79.9. The first-order valence-corrected chi connectivity index (χ1v) is 3.27. The second-order valence-corrected chi connectivity index (χ2v) is 3.39. The molecule has 1 nitrogen and oxygen atoms in total. The molecule has 0 bridgehead atoms. The Morgan fingerprint density at radius 3 is 2.00 bits per heavy atom. The van der Waals surface area contributed by atoms with Gasteiger partial charge in [-0.15, -0.1) is 0 Å². The predicted molar refractivity (Wildman–Crippen MR) is 34.7 cm³/mol. The van der Waals surface area contributed by atoms with E-state index in [2.05, 4.69) is 20.7 Å². The Kier molecular flexibility index (Phi) is 2.91. The molecule has 0 heterocycles. The summed E-state index contributed by atoms with van der Waals surface area (Å²) in [4.78, 5) is 0. The predicted octanol–water partition coefficient (Wildman–Crippen LogP) is 2.45. The second-order valence-electron chi connectivity index (χ2n) is 1.97. The van der Waals surface area contributed by atoms with Gasteiger partial charge in [0.2, 0.25) is 0 Å². The third-order valence-electron chi connectivity index (χ3n) is 0.443. The van der Waals surface area contributed by atoms with E-state index >= 15 is 0 Å². The largest absolute Gasteiger partial charge is 0.335 e. The summed E-state index contributed by atoms with van der Waals surface area (Å²) in [7, 11) is 0. The number of hydrogen-bond acceptors (Lipinski definition) is 1. The van der Waals surface area contributed by atoms with Crippen LogP contribution in [0.25, 0.3) is 0 Å². The molecule has 50 valence electrons. The van der Waals surface area contributed by atoms with E-state index < -0.39 is 4.76 Å². The summed E-state index contributed by atoms with van der Waals surface area (Å²) in [5.41, 5.74) is 0. The van der Waals surface area contributed by atoms with Crippen molar-refractivity contribution in [3.63, 3.8) is 0 Å². The van der Waals surface area contributed by atoms with E-state index in [1.165, 1.54) is 6.92 Å². The monoisotopic (exact) mass is 184 g/mol. The highest BCUT2D eigenvalue weighted by Gasteiger charge is 2.19. The molecule has 0 aromatic heterocycles. The molecular weight excluding hydrogens is 175 g/mol. The number of rotatable bonds is 2. The molecule has 0 saturated carbocycles. The van der Waals surface area contributed by atoms with Gasteiger partial charge >= 0.3 is 0 Å². The molecule has 3 heteroatoms. The lowest BCUT2D eigenvalue weighted by Gasteiger charge is -2.15. The fourth-order valence-corrected chi connectivity index (χ4v) is 0.788. The van der Waals surface area contributed by atoms with Crippen LogP contribution in [0.3, 0.4) is 0 Å². The SMILES string of the molecule is CC(C)OC(C)(F)Br. The summed E-state index contributed by atoms with van der Waals surface area (Å²) in [6.45, 7) is 4.87. The average molecular weight is 185 g/mol. The van der Waals surface area contributed by atoms with Gasteiger partial charge < -0.3 is 4.74 Å². The lowest BCUT2D eigenvalue weighted by molar-refractivity contribution is -0.0813. The zero-order valence-corrected chi connectivity index (χ0v) is 6.83. The molecule has 0 saturated heterocycles. The minimum absolute atomic E-state index is 0.0793. The molecular formula is C5H10BrFO. The molecule has 8 heavy (non-hydrogen) atoms. The Morgan fingerprint density at radius 2 is 2.00 bits per heavy atom. The normalized spacial score (nSPS) is 18.8. The fourth-order valence-electron chi connectivity index (χ4n) is 0.414. The molecule has 0 radical (unpaired) electrons. The van der Waals surface area contributed by atoms with Gasteiger partial charge in [-0.05, 0) is 29.8 Å². The zero-order valence-electron chi connectivity index (χ0n) is 5.24. The standard InChI is InChI=1S/C5H10BrFO/c1-4(2)8-5(3,6)7/h4H,1-3H3. The Hall–Kier alpha value is 0.370. The van der Waals surface area contributed by atoms with Crippen molar-refractivity contribution < 1.29 is 9.13 Å². The Morgan fingerprint density at radius 1 is 1.62 bits per heavy atom. The van der Waals surface area contributed by atoms with Crippen LogP contribution >= 0.6 is 15.9 Å². The first-order chi connectivity index (χ1) is 3.42. The molecule has 0 fully saturated rings. The van der Waals surface area contributed by atoms with Crippen molar-refractivity contribution in [1.29, 1.82) is 0 Å². The van der Waals surface area contributed by atoms with Crippen molar-refractivity contribution in [3.05, 3.63) is 0 Å². The number of hydrogen-bond donors (Lipinski definition) is 0. The molecule has 0 spiro atoms. The van der Waals surface area contributed by atoms with Gasteiger partial charge in [0.25, 0.3) is 4.76 Å². The van der Waals surface area contributed by atoms with Crippen LogP contribution in [0.1, 0.15) is 20.8 Å². The highest BCUT2D eigenvalue weighted by Crippen LogP contribution is 2.21. The Labute approximate surface area is 57.3 Å². The summed E-state index contributed by atoms with van der Waals surface area (Å²) in [5, 5.41) is 0. The summed E-state index contributed by atoms with van der Waals surface area (Å²) in [6.07, 6.45) is -0.0793. The maximum absolute atomic E-state index is 12.3. The number of ether oxygens (including phenoxy) is 1. The highest BCUT2D eigenvalue weighted by molar-refractivity contribution is 9.09. The van der Waals surface area contributed by atoms with Gasteiger partial charge in [0.1, 0.15) is 0 Å². The lowest BCUT2D eigenvalue weighted by Crippen LogP contribution is -2.18. The van der Waals surface area contributed by atoms with Crippen molar-refractivity contribution in [1.82, 2.24) is 0 Å². The minimum Gasteiger partial charge on any atom is -0.335 e. The zero-order chi connectivity index (χ0) is 6.78. The topological polar surface area (TPSA) is 9.23 Å².